The molecule has 0 radical (unpaired) electrons. The Morgan fingerprint density at radius 1 is 1.53 bits per heavy atom. The van der Waals surface area contributed by atoms with E-state index in [2.05, 4.69) is 31.4 Å². The van der Waals surface area contributed by atoms with E-state index in [0.29, 0.717) is 17.1 Å². The number of anilines is 2. The van der Waals surface area contributed by atoms with Crippen LogP contribution in [0.25, 0.3) is 0 Å². The minimum atomic E-state index is -0.222. The van der Waals surface area contributed by atoms with E-state index in [9.17, 15) is 4.79 Å². The summed E-state index contributed by atoms with van der Waals surface area (Å²) >= 11 is 3.33. The Bertz CT molecular complexity index is 564. The van der Waals surface area contributed by atoms with Crippen molar-refractivity contribution in [2.45, 2.75) is 6.92 Å². The second-order valence-corrected chi connectivity index (χ2v) is 4.53. The van der Waals surface area contributed by atoms with Crippen molar-refractivity contribution in [2.75, 3.05) is 11.1 Å². The number of aromatic nitrogens is 2. The van der Waals surface area contributed by atoms with E-state index in [0.717, 1.165) is 10.0 Å². The van der Waals surface area contributed by atoms with Crippen molar-refractivity contribution in [1.29, 1.82) is 0 Å². The van der Waals surface area contributed by atoms with Crippen LogP contribution in [0.5, 0.6) is 0 Å². The molecule has 0 bridgehead atoms. The Kier molecular flexibility index (Phi) is 3.14. The fraction of sp³-hybridized carbons (Fsp3) is 0.0909. The molecule has 0 aliphatic heterocycles. The third kappa shape index (κ3) is 2.47. The summed E-state index contributed by atoms with van der Waals surface area (Å²) in [4.78, 5) is 12.0. The van der Waals surface area contributed by atoms with Gasteiger partial charge in [-0.15, -0.1) is 0 Å². The van der Waals surface area contributed by atoms with Gasteiger partial charge in [0.1, 0.15) is 0 Å². The number of carbonyl (C=O) groups excluding carboxylic acids is 1. The second kappa shape index (κ2) is 4.58. The van der Waals surface area contributed by atoms with Crippen LogP contribution in [-0.2, 0) is 0 Å². The summed E-state index contributed by atoms with van der Waals surface area (Å²) in [5.74, 6) is 0.189. The summed E-state index contributed by atoms with van der Waals surface area (Å²) in [6, 6.07) is 5.52. The minimum absolute atomic E-state index is 0.222. The number of rotatable bonds is 2. The van der Waals surface area contributed by atoms with Crippen LogP contribution in [0.3, 0.4) is 0 Å². The van der Waals surface area contributed by atoms with Gasteiger partial charge in [0, 0.05) is 10.0 Å². The van der Waals surface area contributed by atoms with Gasteiger partial charge in [-0.05, 0) is 24.6 Å². The van der Waals surface area contributed by atoms with Crippen molar-refractivity contribution in [3.63, 3.8) is 0 Å². The summed E-state index contributed by atoms with van der Waals surface area (Å²) in [6.07, 6.45) is 1.45. The third-order valence-corrected chi connectivity index (χ3v) is 2.84. The first-order valence-electron chi connectivity index (χ1n) is 4.94. The van der Waals surface area contributed by atoms with Crippen LogP contribution in [0.2, 0.25) is 0 Å². The molecule has 0 saturated heterocycles. The Labute approximate surface area is 107 Å². The molecule has 1 heterocycles. The fourth-order valence-corrected chi connectivity index (χ4v) is 1.78. The molecule has 2 rings (SSSR count). The molecular formula is C11H11BrN4O. The number of carbonyl (C=O) groups is 1. The van der Waals surface area contributed by atoms with Crippen molar-refractivity contribution in [3.05, 3.63) is 40.0 Å². The van der Waals surface area contributed by atoms with Crippen LogP contribution in [0.4, 0.5) is 11.5 Å². The van der Waals surface area contributed by atoms with Gasteiger partial charge in [0.2, 0.25) is 0 Å². The van der Waals surface area contributed by atoms with E-state index < -0.39 is 0 Å². The lowest BCUT2D eigenvalue weighted by atomic mass is 10.1. The van der Waals surface area contributed by atoms with Gasteiger partial charge in [-0.2, -0.15) is 5.10 Å². The summed E-state index contributed by atoms with van der Waals surface area (Å²) in [5.41, 5.74) is 7.51. The van der Waals surface area contributed by atoms with Gasteiger partial charge in [0.25, 0.3) is 5.91 Å². The zero-order valence-electron chi connectivity index (χ0n) is 9.12. The first kappa shape index (κ1) is 11.7. The first-order chi connectivity index (χ1) is 8.08. The van der Waals surface area contributed by atoms with E-state index in [-0.39, 0.29) is 5.91 Å². The third-order valence-electron chi connectivity index (χ3n) is 2.35. The highest BCUT2D eigenvalue weighted by atomic mass is 79.9. The molecule has 17 heavy (non-hydrogen) atoms. The molecule has 1 aromatic heterocycles. The van der Waals surface area contributed by atoms with Crippen LogP contribution in [-0.4, -0.2) is 16.1 Å². The molecular weight excluding hydrogens is 284 g/mol. The van der Waals surface area contributed by atoms with Crippen molar-refractivity contribution >= 4 is 33.3 Å². The standard InChI is InChI=1S/C11H11BrN4O/c1-6-2-3-7(12)4-8(6)11(17)15-10-9(13)5-14-16-10/h2-5H,13H2,1H3,(H2,14,15,16,17). The highest BCUT2D eigenvalue weighted by Gasteiger charge is 2.12. The lowest BCUT2D eigenvalue weighted by Gasteiger charge is -2.07. The number of amides is 1. The van der Waals surface area contributed by atoms with E-state index in [1.54, 1.807) is 6.07 Å². The van der Waals surface area contributed by atoms with Crippen LogP contribution in [0, 0.1) is 6.92 Å². The Morgan fingerprint density at radius 3 is 2.94 bits per heavy atom. The van der Waals surface area contributed by atoms with Crippen molar-refractivity contribution in [2.24, 2.45) is 0 Å². The Balaban J connectivity index is 2.26. The van der Waals surface area contributed by atoms with E-state index in [1.807, 2.05) is 19.1 Å². The summed E-state index contributed by atoms with van der Waals surface area (Å²) in [6.45, 7) is 1.87. The maximum Gasteiger partial charge on any atom is 0.257 e. The second-order valence-electron chi connectivity index (χ2n) is 3.61. The molecule has 2 aromatic rings. The SMILES string of the molecule is Cc1ccc(Br)cc1C(=O)Nc1[nH]ncc1N. The average Bonchev–Trinajstić information content (AvgIpc) is 2.68. The van der Waals surface area contributed by atoms with Gasteiger partial charge >= 0.3 is 0 Å². The largest absolute Gasteiger partial charge is 0.394 e. The van der Waals surface area contributed by atoms with Crippen LogP contribution in [0.15, 0.2) is 28.9 Å². The van der Waals surface area contributed by atoms with Crippen LogP contribution >= 0.6 is 15.9 Å². The molecule has 0 atom stereocenters. The normalized spacial score (nSPS) is 10.2. The topological polar surface area (TPSA) is 83.8 Å². The average molecular weight is 295 g/mol. The predicted molar refractivity (Wildman–Crippen MR) is 69.8 cm³/mol. The number of benzene rings is 1. The summed E-state index contributed by atoms with van der Waals surface area (Å²) < 4.78 is 0.853. The first-order valence-corrected chi connectivity index (χ1v) is 5.73. The zero-order valence-corrected chi connectivity index (χ0v) is 10.7. The maximum absolute atomic E-state index is 12.0. The molecule has 0 aliphatic rings. The lowest BCUT2D eigenvalue weighted by molar-refractivity contribution is 0.102. The van der Waals surface area contributed by atoms with Gasteiger partial charge < -0.3 is 11.1 Å². The van der Waals surface area contributed by atoms with E-state index >= 15 is 0 Å². The fourth-order valence-electron chi connectivity index (χ4n) is 1.42. The molecule has 1 aromatic carbocycles. The van der Waals surface area contributed by atoms with Gasteiger partial charge in [0.05, 0.1) is 11.9 Å². The van der Waals surface area contributed by atoms with Crippen LogP contribution in [0.1, 0.15) is 15.9 Å². The molecule has 4 N–H and O–H groups in total. The maximum atomic E-state index is 12.0. The minimum Gasteiger partial charge on any atom is -0.394 e. The number of hydrogen-bond donors (Lipinski definition) is 3. The Morgan fingerprint density at radius 2 is 2.29 bits per heavy atom. The zero-order chi connectivity index (χ0) is 12.4. The molecule has 0 unspecified atom stereocenters. The quantitative estimate of drug-likeness (QED) is 0.795. The number of nitrogens with two attached hydrogens (primary N) is 1. The molecule has 6 heteroatoms. The lowest BCUT2D eigenvalue weighted by Crippen LogP contribution is -2.14. The summed E-state index contributed by atoms with van der Waals surface area (Å²) in [5, 5.41) is 9.03. The molecule has 5 nitrogen and oxygen atoms in total. The monoisotopic (exact) mass is 294 g/mol. The molecule has 1 amide bonds. The van der Waals surface area contributed by atoms with Crippen LogP contribution < -0.4 is 11.1 Å². The van der Waals surface area contributed by atoms with Crippen molar-refractivity contribution in [3.8, 4) is 0 Å². The van der Waals surface area contributed by atoms with Crippen molar-refractivity contribution < 1.29 is 4.79 Å². The number of nitrogens with zero attached hydrogens (tertiary/aromatic N) is 1. The number of hydrogen-bond acceptors (Lipinski definition) is 3. The van der Waals surface area contributed by atoms with Gasteiger partial charge in [-0.25, -0.2) is 0 Å². The summed E-state index contributed by atoms with van der Waals surface area (Å²) in [7, 11) is 0. The van der Waals surface area contributed by atoms with Gasteiger partial charge in [-0.3, -0.25) is 9.89 Å². The van der Waals surface area contributed by atoms with E-state index in [4.69, 9.17) is 5.73 Å². The molecule has 0 aliphatic carbocycles. The smallest absolute Gasteiger partial charge is 0.257 e. The number of nitrogen functional groups attached to an aromatic ring is 1. The van der Waals surface area contributed by atoms with Gasteiger partial charge in [0.15, 0.2) is 5.82 Å². The predicted octanol–water partition coefficient (Wildman–Crippen LogP) is 2.32. The molecule has 0 saturated carbocycles. The molecule has 88 valence electrons. The number of halogens is 1. The molecule has 0 fully saturated rings. The highest BCUT2D eigenvalue weighted by Crippen LogP contribution is 2.19. The molecule has 0 spiro atoms. The number of H-pyrrole nitrogens is 1. The number of nitrogens with one attached hydrogen (secondary N) is 2. The number of aromatic amines is 1. The highest BCUT2D eigenvalue weighted by molar-refractivity contribution is 9.10. The van der Waals surface area contributed by atoms with Crippen molar-refractivity contribution in [1.82, 2.24) is 10.2 Å². The van der Waals surface area contributed by atoms with E-state index in [1.165, 1.54) is 6.20 Å². The Hall–Kier alpha value is -1.82. The number of aryl methyl sites for hydroxylation is 1. The van der Waals surface area contributed by atoms with Gasteiger partial charge in [-0.1, -0.05) is 22.0 Å².